The van der Waals surface area contributed by atoms with Crippen LogP contribution in [0.2, 0.25) is 0 Å². The van der Waals surface area contributed by atoms with Gasteiger partial charge in [0.15, 0.2) is 5.78 Å². The van der Waals surface area contributed by atoms with Crippen molar-refractivity contribution in [1.29, 1.82) is 0 Å². The monoisotopic (exact) mass is 237 g/mol. The van der Waals surface area contributed by atoms with Crippen molar-refractivity contribution in [3.63, 3.8) is 0 Å². The molecule has 0 aliphatic rings. The summed E-state index contributed by atoms with van der Waals surface area (Å²) >= 11 is 0. The number of hydrogen-bond donors (Lipinski definition) is 3. The van der Waals surface area contributed by atoms with Crippen molar-refractivity contribution >= 4 is 17.4 Å². The van der Waals surface area contributed by atoms with Gasteiger partial charge in [0.05, 0.1) is 0 Å². The van der Waals surface area contributed by atoms with E-state index in [2.05, 4.69) is 0 Å². The van der Waals surface area contributed by atoms with Gasteiger partial charge in [-0.05, 0) is 31.0 Å². The topological polar surface area (TPSA) is 101 Å². The number of phenols is 1. The molecule has 1 aromatic carbocycles. The number of benzene rings is 1. The lowest BCUT2D eigenvalue weighted by atomic mass is 10.0. The lowest BCUT2D eigenvalue weighted by Gasteiger charge is -2.05. The molecule has 1 rings (SSSR count). The molecular weight excluding hydrogens is 222 g/mol. The molecule has 92 valence electrons. The predicted molar refractivity (Wildman–Crippen MR) is 63.0 cm³/mol. The summed E-state index contributed by atoms with van der Waals surface area (Å²) in [5.74, 6) is -1.05. The number of phenolic OH excluding ortho intramolecular Hbond substituents is 1. The molecule has 0 spiro atoms. The Morgan fingerprint density at radius 2 is 1.82 bits per heavy atom. The molecule has 0 amide bonds. The highest BCUT2D eigenvalue weighted by Gasteiger charge is 2.10. The first kappa shape index (κ1) is 13.0. The highest BCUT2D eigenvalue weighted by Crippen LogP contribution is 2.20. The van der Waals surface area contributed by atoms with Gasteiger partial charge in [0.2, 0.25) is 0 Å². The van der Waals surface area contributed by atoms with E-state index in [0.29, 0.717) is 24.1 Å². The van der Waals surface area contributed by atoms with Crippen LogP contribution >= 0.6 is 0 Å². The number of unbranched alkanes of at least 4 members (excludes halogenated alkanes) is 1. The Morgan fingerprint density at radius 3 is 2.47 bits per heavy atom. The zero-order valence-electron chi connectivity index (χ0n) is 9.35. The molecule has 0 radical (unpaired) electrons. The van der Waals surface area contributed by atoms with E-state index in [1.165, 1.54) is 18.2 Å². The van der Waals surface area contributed by atoms with E-state index in [-0.39, 0.29) is 24.4 Å². The standard InChI is InChI=1S/C12H15NO4/c13-10-6-5-8(14)7-9(10)11(15)3-1-2-4-12(16)17/h5-7,14H,1-4,13H2,(H,16,17). The van der Waals surface area contributed by atoms with Gasteiger partial charge in [0, 0.05) is 24.1 Å². The number of aliphatic carboxylic acids is 1. The Kier molecular flexibility index (Phi) is 4.51. The molecular formula is C12H15NO4. The molecule has 17 heavy (non-hydrogen) atoms. The molecule has 0 heterocycles. The van der Waals surface area contributed by atoms with Gasteiger partial charge in [-0.2, -0.15) is 0 Å². The minimum Gasteiger partial charge on any atom is -0.508 e. The van der Waals surface area contributed by atoms with Gasteiger partial charge in [-0.1, -0.05) is 0 Å². The molecule has 0 aromatic heterocycles. The van der Waals surface area contributed by atoms with Crippen LogP contribution < -0.4 is 5.73 Å². The molecule has 0 saturated carbocycles. The lowest BCUT2D eigenvalue weighted by Crippen LogP contribution is -2.04. The first-order chi connectivity index (χ1) is 8.00. The van der Waals surface area contributed by atoms with E-state index < -0.39 is 5.97 Å². The lowest BCUT2D eigenvalue weighted by molar-refractivity contribution is -0.137. The van der Waals surface area contributed by atoms with E-state index in [1.807, 2.05) is 0 Å². The Balaban J connectivity index is 2.52. The number of carboxylic acid groups (broad SMARTS) is 1. The maximum absolute atomic E-state index is 11.7. The van der Waals surface area contributed by atoms with E-state index in [1.54, 1.807) is 0 Å². The normalized spacial score (nSPS) is 10.1. The fourth-order valence-corrected chi connectivity index (χ4v) is 1.48. The molecule has 4 N–H and O–H groups in total. The number of anilines is 1. The minimum absolute atomic E-state index is 0.00640. The van der Waals surface area contributed by atoms with Gasteiger partial charge in [-0.25, -0.2) is 0 Å². The van der Waals surface area contributed by atoms with Crippen LogP contribution in [0.25, 0.3) is 0 Å². The fraction of sp³-hybridized carbons (Fsp3) is 0.333. The SMILES string of the molecule is Nc1ccc(O)cc1C(=O)CCCCC(=O)O. The second kappa shape index (κ2) is 5.89. The summed E-state index contributed by atoms with van der Waals surface area (Å²) in [6, 6.07) is 4.21. The van der Waals surface area contributed by atoms with Crippen LogP contribution in [0.4, 0.5) is 5.69 Å². The number of carbonyl (C=O) groups excluding carboxylic acids is 1. The number of ketones is 1. The largest absolute Gasteiger partial charge is 0.508 e. The van der Waals surface area contributed by atoms with Crippen molar-refractivity contribution in [3.8, 4) is 5.75 Å². The van der Waals surface area contributed by atoms with E-state index in [0.717, 1.165) is 0 Å². The molecule has 0 atom stereocenters. The summed E-state index contributed by atoms with van der Waals surface area (Å²) in [6.07, 6.45) is 1.25. The van der Waals surface area contributed by atoms with Crippen molar-refractivity contribution < 1.29 is 19.8 Å². The number of rotatable bonds is 6. The second-order valence-electron chi connectivity index (χ2n) is 3.80. The highest BCUT2D eigenvalue weighted by molar-refractivity contribution is 6.01. The van der Waals surface area contributed by atoms with E-state index >= 15 is 0 Å². The van der Waals surface area contributed by atoms with Crippen LogP contribution in [0.1, 0.15) is 36.0 Å². The van der Waals surface area contributed by atoms with E-state index in [9.17, 15) is 14.7 Å². The number of carbonyl (C=O) groups is 2. The quantitative estimate of drug-likeness (QED) is 0.303. The average molecular weight is 237 g/mol. The molecule has 1 aromatic rings. The summed E-state index contributed by atoms with van der Waals surface area (Å²) < 4.78 is 0. The summed E-state index contributed by atoms with van der Waals surface area (Å²) in [4.78, 5) is 22.0. The molecule has 0 bridgehead atoms. The van der Waals surface area contributed by atoms with Gasteiger partial charge in [0.25, 0.3) is 0 Å². The average Bonchev–Trinajstić information content (AvgIpc) is 2.27. The zero-order valence-corrected chi connectivity index (χ0v) is 9.35. The van der Waals surface area contributed by atoms with Crippen molar-refractivity contribution in [2.75, 3.05) is 5.73 Å². The molecule has 0 saturated heterocycles. The van der Waals surface area contributed by atoms with Crippen LogP contribution in [0, 0.1) is 0 Å². The third-order valence-electron chi connectivity index (χ3n) is 2.38. The maximum Gasteiger partial charge on any atom is 0.303 e. The maximum atomic E-state index is 11.7. The molecule has 0 fully saturated rings. The summed E-state index contributed by atoms with van der Waals surface area (Å²) in [5, 5.41) is 17.7. The van der Waals surface area contributed by atoms with Crippen molar-refractivity contribution in [2.24, 2.45) is 0 Å². The van der Waals surface area contributed by atoms with Crippen LogP contribution in [-0.4, -0.2) is 22.0 Å². The summed E-state index contributed by atoms with van der Waals surface area (Å²) in [6.45, 7) is 0. The van der Waals surface area contributed by atoms with E-state index in [4.69, 9.17) is 10.8 Å². The summed E-state index contributed by atoms with van der Waals surface area (Å²) in [5.41, 5.74) is 6.23. The third-order valence-corrected chi connectivity index (χ3v) is 2.38. The number of Topliss-reactive ketones (excluding diaryl/α,β-unsaturated/α-hetero) is 1. The Bertz CT molecular complexity index is 429. The first-order valence-corrected chi connectivity index (χ1v) is 5.34. The van der Waals surface area contributed by atoms with Crippen LogP contribution in [-0.2, 0) is 4.79 Å². The Morgan fingerprint density at radius 1 is 1.18 bits per heavy atom. The highest BCUT2D eigenvalue weighted by atomic mass is 16.4. The van der Waals surface area contributed by atoms with Gasteiger partial charge in [0.1, 0.15) is 5.75 Å². The second-order valence-corrected chi connectivity index (χ2v) is 3.80. The zero-order chi connectivity index (χ0) is 12.8. The number of aromatic hydroxyl groups is 1. The Hall–Kier alpha value is -2.04. The third kappa shape index (κ3) is 4.14. The van der Waals surface area contributed by atoms with Crippen molar-refractivity contribution in [1.82, 2.24) is 0 Å². The Labute approximate surface area is 98.9 Å². The van der Waals surface area contributed by atoms with Gasteiger partial charge in [-0.15, -0.1) is 0 Å². The molecule has 0 aliphatic carbocycles. The molecule has 0 unspecified atom stereocenters. The molecule has 0 aliphatic heterocycles. The van der Waals surface area contributed by atoms with Gasteiger partial charge >= 0.3 is 5.97 Å². The smallest absolute Gasteiger partial charge is 0.303 e. The van der Waals surface area contributed by atoms with Crippen molar-refractivity contribution in [3.05, 3.63) is 23.8 Å². The first-order valence-electron chi connectivity index (χ1n) is 5.34. The summed E-state index contributed by atoms with van der Waals surface area (Å²) in [7, 11) is 0. The fourth-order valence-electron chi connectivity index (χ4n) is 1.48. The van der Waals surface area contributed by atoms with Crippen LogP contribution in [0.5, 0.6) is 5.75 Å². The number of nitrogen functional groups attached to an aromatic ring is 1. The van der Waals surface area contributed by atoms with Gasteiger partial charge in [-0.3, -0.25) is 9.59 Å². The number of carboxylic acids is 1. The predicted octanol–water partition coefficient (Wildman–Crippen LogP) is 1.80. The number of hydrogen-bond acceptors (Lipinski definition) is 4. The molecule has 5 heteroatoms. The van der Waals surface area contributed by atoms with Crippen molar-refractivity contribution in [2.45, 2.75) is 25.7 Å². The minimum atomic E-state index is -0.866. The van der Waals surface area contributed by atoms with Crippen LogP contribution in [0.3, 0.4) is 0 Å². The number of nitrogens with two attached hydrogens (primary N) is 1. The van der Waals surface area contributed by atoms with Gasteiger partial charge < -0.3 is 15.9 Å². The van der Waals surface area contributed by atoms with Crippen LogP contribution in [0.15, 0.2) is 18.2 Å². The molecule has 5 nitrogen and oxygen atoms in total.